The summed E-state index contributed by atoms with van der Waals surface area (Å²) in [4.78, 5) is 13.9. The maximum Gasteiger partial charge on any atom is 0.236 e. The van der Waals surface area contributed by atoms with E-state index >= 15 is 0 Å². The van der Waals surface area contributed by atoms with Crippen LogP contribution >= 0.6 is 22.6 Å². The number of rotatable bonds is 4. The molecule has 0 saturated carbocycles. The highest BCUT2D eigenvalue weighted by molar-refractivity contribution is 14.1. The van der Waals surface area contributed by atoms with Gasteiger partial charge in [0, 0.05) is 12.2 Å². The third-order valence-electron chi connectivity index (χ3n) is 3.22. The average molecular weight is 361 g/mol. The first-order valence-corrected chi connectivity index (χ1v) is 7.92. The number of hydrogen-bond acceptors (Lipinski definition) is 1. The van der Waals surface area contributed by atoms with E-state index in [2.05, 4.69) is 62.9 Å². The van der Waals surface area contributed by atoms with Gasteiger partial charge in [-0.25, -0.2) is 0 Å². The zero-order valence-corrected chi connectivity index (χ0v) is 14.1. The predicted molar refractivity (Wildman–Crippen MR) is 85.7 cm³/mol. The normalized spacial score (nSPS) is 21.1. The maximum absolute atomic E-state index is 12.1. The molecule has 1 rings (SSSR count). The summed E-state index contributed by atoms with van der Waals surface area (Å²) in [5, 5.41) is 0. The van der Waals surface area contributed by atoms with Crippen LogP contribution in [0.2, 0.25) is 0 Å². The minimum atomic E-state index is 0.155. The molecular weight excluding hydrogens is 337 g/mol. The number of hydrogen-bond donors (Lipinski definition) is 0. The first-order valence-electron chi connectivity index (χ1n) is 6.40. The van der Waals surface area contributed by atoms with Gasteiger partial charge in [-0.05, 0) is 23.7 Å². The standard InChI is InChI=1S/C15H24INO/c1-6-7-17(13(18)10-16)12-8-14(2,3)11-15(4,5)9-12/h6,8H,1,7,9-11H2,2-5H3. The van der Waals surface area contributed by atoms with E-state index < -0.39 is 0 Å². The summed E-state index contributed by atoms with van der Waals surface area (Å²) in [5.74, 6) is 0.176. The Bertz CT molecular complexity index is 369. The predicted octanol–water partition coefficient (Wildman–Crippen LogP) is 4.17. The van der Waals surface area contributed by atoms with E-state index in [9.17, 15) is 4.79 Å². The Morgan fingerprint density at radius 3 is 2.56 bits per heavy atom. The molecule has 0 saturated heterocycles. The van der Waals surface area contributed by atoms with Crippen molar-refractivity contribution in [2.24, 2.45) is 10.8 Å². The fourth-order valence-corrected chi connectivity index (χ4v) is 3.50. The summed E-state index contributed by atoms with van der Waals surface area (Å²) in [6, 6.07) is 0. The maximum atomic E-state index is 12.1. The van der Waals surface area contributed by atoms with Crippen LogP contribution in [-0.2, 0) is 4.79 Å². The summed E-state index contributed by atoms with van der Waals surface area (Å²) < 4.78 is 0.518. The summed E-state index contributed by atoms with van der Waals surface area (Å²) in [6.45, 7) is 13.4. The van der Waals surface area contributed by atoms with Gasteiger partial charge < -0.3 is 4.90 Å². The minimum absolute atomic E-state index is 0.155. The van der Waals surface area contributed by atoms with E-state index in [1.807, 2.05) is 4.90 Å². The number of allylic oxidation sites excluding steroid dienone is 2. The van der Waals surface area contributed by atoms with E-state index in [-0.39, 0.29) is 16.7 Å². The molecule has 0 radical (unpaired) electrons. The van der Waals surface area contributed by atoms with Gasteiger partial charge >= 0.3 is 0 Å². The van der Waals surface area contributed by atoms with Crippen LogP contribution in [0, 0.1) is 10.8 Å². The highest BCUT2D eigenvalue weighted by Crippen LogP contribution is 2.45. The van der Waals surface area contributed by atoms with E-state index in [0.29, 0.717) is 11.0 Å². The Morgan fingerprint density at radius 1 is 1.50 bits per heavy atom. The number of alkyl halides is 1. The molecule has 0 bridgehead atoms. The highest BCUT2D eigenvalue weighted by Gasteiger charge is 2.35. The van der Waals surface area contributed by atoms with Crippen molar-refractivity contribution < 1.29 is 4.79 Å². The van der Waals surface area contributed by atoms with Crippen molar-refractivity contribution >= 4 is 28.5 Å². The third kappa shape index (κ3) is 4.11. The molecule has 0 aliphatic heterocycles. The van der Waals surface area contributed by atoms with Crippen LogP contribution in [0.15, 0.2) is 24.4 Å². The number of halogens is 1. The smallest absolute Gasteiger partial charge is 0.236 e. The number of carbonyl (C=O) groups excluding carboxylic acids is 1. The highest BCUT2D eigenvalue weighted by atomic mass is 127. The van der Waals surface area contributed by atoms with Gasteiger partial charge in [0.15, 0.2) is 0 Å². The minimum Gasteiger partial charge on any atom is -0.312 e. The SMILES string of the molecule is C=CCN(C(=O)CI)C1=CC(C)(C)CC(C)(C)C1. The van der Waals surface area contributed by atoms with E-state index in [1.54, 1.807) is 6.08 Å². The Hall–Kier alpha value is -0.320. The van der Waals surface area contributed by atoms with E-state index in [4.69, 9.17) is 0 Å². The van der Waals surface area contributed by atoms with Crippen molar-refractivity contribution in [3.05, 3.63) is 24.4 Å². The average Bonchev–Trinajstić information content (AvgIpc) is 2.20. The first-order chi connectivity index (χ1) is 8.21. The molecule has 2 nitrogen and oxygen atoms in total. The van der Waals surface area contributed by atoms with Crippen LogP contribution in [0.4, 0.5) is 0 Å². The molecular formula is C15H24INO. The van der Waals surface area contributed by atoms with Crippen molar-refractivity contribution in [2.45, 2.75) is 40.5 Å². The zero-order chi connectivity index (χ0) is 14.0. The fraction of sp³-hybridized carbons (Fsp3) is 0.667. The van der Waals surface area contributed by atoms with Gasteiger partial charge in [0.25, 0.3) is 0 Å². The van der Waals surface area contributed by atoms with Gasteiger partial charge in [-0.3, -0.25) is 4.79 Å². The van der Waals surface area contributed by atoms with Crippen molar-refractivity contribution in [3.8, 4) is 0 Å². The lowest BCUT2D eigenvalue weighted by Gasteiger charge is -2.42. The second kappa shape index (κ2) is 5.76. The van der Waals surface area contributed by atoms with Crippen molar-refractivity contribution in [1.82, 2.24) is 4.90 Å². The lowest BCUT2D eigenvalue weighted by molar-refractivity contribution is -0.126. The summed E-state index contributed by atoms with van der Waals surface area (Å²) in [7, 11) is 0. The summed E-state index contributed by atoms with van der Waals surface area (Å²) >= 11 is 2.13. The molecule has 0 aromatic rings. The molecule has 0 N–H and O–H groups in total. The molecule has 0 spiro atoms. The summed E-state index contributed by atoms with van der Waals surface area (Å²) in [5.41, 5.74) is 1.57. The molecule has 1 amide bonds. The molecule has 18 heavy (non-hydrogen) atoms. The molecule has 0 unspecified atom stereocenters. The van der Waals surface area contributed by atoms with Crippen LogP contribution in [0.1, 0.15) is 40.5 Å². The van der Waals surface area contributed by atoms with Crippen molar-refractivity contribution in [2.75, 3.05) is 11.0 Å². The largest absolute Gasteiger partial charge is 0.312 e. The number of carbonyl (C=O) groups is 1. The number of nitrogens with zero attached hydrogens (tertiary/aromatic N) is 1. The Labute approximate surface area is 125 Å². The summed E-state index contributed by atoms with van der Waals surface area (Å²) in [6.07, 6.45) is 6.20. The zero-order valence-electron chi connectivity index (χ0n) is 11.9. The molecule has 0 aromatic heterocycles. The monoisotopic (exact) mass is 361 g/mol. The molecule has 1 aliphatic carbocycles. The molecule has 102 valence electrons. The third-order valence-corrected chi connectivity index (χ3v) is 3.88. The molecule has 3 heteroatoms. The van der Waals surface area contributed by atoms with Crippen LogP contribution < -0.4 is 0 Å². The van der Waals surface area contributed by atoms with Crippen molar-refractivity contribution in [1.29, 1.82) is 0 Å². The Morgan fingerprint density at radius 2 is 2.11 bits per heavy atom. The molecule has 0 aromatic carbocycles. The van der Waals surface area contributed by atoms with E-state index in [0.717, 1.165) is 18.5 Å². The Balaban J connectivity index is 3.07. The lowest BCUT2D eigenvalue weighted by Crippen LogP contribution is -2.38. The van der Waals surface area contributed by atoms with Crippen LogP contribution in [0.3, 0.4) is 0 Å². The quantitative estimate of drug-likeness (QED) is 0.418. The topological polar surface area (TPSA) is 20.3 Å². The second-order valence-electron chi connectivity index (χ2n) is 6.57. The Kier molecular flexibility index (Phi) is 5.04. The van der Waals surface area contributed by atoms with Crippen molar-refractivity contribution in [3.63, 3.8) is 0 Å². The molecule has 0 fully saturated rings. The molecule has 0 heterocycles. The van der Waals surface area contributed by atoms with Gasteiger partial charge in [0.2, 0.25) is 5.91 Å². The number of amides is 1. The lowest BCUT2D eigenvalue weighted by atomic mass is 9.68. The van der Waals surface area contributed by atoms with Gasteiger partial charge in [-0.15, -0.1) is 6.58 Å². The van der Waals surface area contributed by atoms with Crippen LogP contribution in [0.25, 0.3) is 0 Å². The van der Waals surface area contributed by atoms with Gasteiger partial charge in [-0.2, -0.15) is 0 Å². The molecule has 1 aliphatic rings. The van der Waals surface area contributed by atoms with Gasteiger partial charge in [-0.1, -0.05) is 62.4 Å². The first kappa shape index (κ1) is 15.7. The van der Waals surface area contributed by atoms with E-state index in [1.165, 1.54) is 0 Å². The molecule has 0 atom stereocenters. The van der Waals surface area contributed by atoms with Crippen LogP contribution in [-0.4, -0.2) is 21.8 Å². The van der Waals surface area contributed by atoms with Crippen LogP contribution in [0.5, 0.6) is 0 Å². The fourth-order valence-electron chi connectivity index (χ4n) is 3.09. The second-order valence-corrected chi connectivity index (χ2v) is 7.33. The van der Waals surface area contributed by atoms with Gasteiger partial charge in [0.1, 0.15) is 0 Å². The van der Waals surface area contributed by atoms with Gasteiger partial charge in [0.05, 0.1) is 4.43 Å².